The number of thiazole rings is 1. The topological polar surface area (TPSA) is 88.8 Å². The number of hydrogen-bond donors (Lipinski definition) is 1. The molecule has 10 heteroatoms. The Hall–Kier alpha value is -2.85. The highest BCUT2D eigenvalue weighted by Crippen LogP contribution is 2.35. The molecular weight excluding hydrogens is 394 g/mol. The lowest BCUT2D eigenvalue weighted by molar-refractivity contribution is 0.103. The minimum absolute atomic E-state index is 0.142. The lowest BCUT2D eigenvalue weighted by atomic mass is 10.1. The van der Waals surface area contributed by atoms with Crippen molar-refractivity contribution in [3.63, 3.8) is 0 Å². The Morgan fingerprint density at radius 3 is 2.71 bits per heavy atom. The van der Waals surface area contributed by atoms with E-state index in [1.165, 1.54) is 17.7 Å². The first-order valence-electron chi connectivity index (χ1n) is 8.89. The van der Waals surface area contributed by atoms with Crippen molar-refractivity contribution in [1.82, 2.24) is 25.2 Å². The molecule has 0 aliphatic carbocycles. The van der Waals surface area contributed by atoms with Crippen molar-refractivity contribution >= 4 is 48.9 Å². The van der Waals surface area contributed by atoms with Crippen LogP contribution in [0.15, 0.2) is 30.6 Å². The van der Waals surface area contributed by atoms with Gasteiger partial charge in [-0.05, 0) is 55.0 Å². The molecule has 0 radical (unpaired) electrons. The van der Waals surface area contributed by atoms with E-state index in [0.717, 1.165) is 44.7 Å². The summed E-state index contributed by atoms with van der Waals surface area (Å²) in [6.45, 7) is 8.01. The van der Waals surface area contributed by atoms with E-state index in [2.05, 4.69) is 44.6 Å². The second kappa shape index (κ2) is 7.64. The second-order valence-corrected chi connectivity index (χ2v) is 8.20. The molecule has 0 spiro atoms. The molecule has 0 aliphatic rings. The average molecular weight is 414 g/mol. The number of aryl methyl sites for hydroxylation is 1. The van der Waals surface area contributed by atoms with Crippen LogP contribution < -0.4 is 10.2 Å². The van der Waals surface area contributed by atoms with Crippen molar-refractivity contribution in [2.75, 3.05) is 23.3 Å². The van der Waals surface area contributed by atoms with Crippen LogP contribution in [0.3, 0.4) is 0 Å². The first-order chi connectivity index (χ1) is 13.6. The molecule has 0 unspecified atom stereocenters. The van der Waals surface area contributed by atoms with Crippen LogP contribution in [0.2, 0.25) is 0 Å². The zero-order valence-corrected chi connectivity index (χ0v) is 17.3. The van der Waals surface area contributed by atoms with Gasteiger partial charge in [0.1, 0.15) is 11.2 Å². The molecule has 0 atom stereocenters. The van der Waals surface area contributed by atoms with Gasteiger partial charge in [0.2, 0.25) is 0 Å². The van der Waals surface area contributed by atoms with Gasteiger partial charge in [-0.2, -0.15) is 0 Å². The molecule has 3 heterocycles. The zero-order valence-electron chi connectivity index (χ0n) is 15.7. The third-order valence-corrected chi connectivity index (χ3v) is 6.64. The van der Waals surface area contributed by atoms with Gasteiger partial charge >= 0.3 is 0 Å². The molecule has 28 heavy (non-hydrogen) atoms. The molecule has 4 rings (SSSR count). The highest BCUT2D eigenvalue weighted by Gasteiger charge is 2.17. The minimum Gasteiger partial charge on any atom is -0.349 e. The van der Waals surface area contributed by atoms with Gasteiger partial charge in [0.25, 0.3) is 5.91 Å². The number of hydrogen-bond acceptors (Lipinski definition) is 8. The van der Waals surface area contributed by atoms with E-state index in [1.54, 1.807) is 16.0 Å². The largest absolute Gasteiger partial charge is 0.349 e. The lowest BCUT2D eigenvalue weighted by Gasteiger charge is -2.16. The van der Waals surface area contributed by atoms with Gasteiger partial charge in [-0.25, -0.2) is 9.67 Å². The number of anilines is 2. The summed E-state index contributed by atoms with van der Waals surface area (Å²) in [6, 6.07) is 7.61. The van der Waals surface area contributed by atoms with E-state index in [1.807, 2.05) is 31.2 Å². The summed E-state index contributed by atoms with van der Waals surface area (Å²) in [4.78, 5) is 21.2. The number of benzene rings is 1. The van der Waals surface area contributed by atoms with Crippen LogP contribution in [0.5, 0.6) is 0 Å². The van der Waals surface area contributed by atoms with Gasteiger partial charge in [0, 0.05) is 18.8 Å². The number of amides is 1. The van der Waals surface area contributed by atoms with Gasteiger partial charge in [0.05, 0.1) is 15.3 Å². The Kier molecular flexibility index (Phi) is 5.05. The van der Waals surface area contributed by atoms with E-state index in [0.29, 0.717) is 4.88 Å². The SMILES string of the molecule is CCN(CC)c1nc2sc(C(=O)Nc3cc(-n4cnnn4)ccc3C)cc2s1. The summed E-state index contributed by atoms with van der Waals surface area (Å²) in [5.41, 5.74) is 2.47. The quantitative estimate of drug-likeness (QED) is 0.518. The van der Waals surface area contributed by atoms with E-state index >= 15 is 0 Å². The first kappa shape index (κ1) is 18.5. The van der Waals surface area contributed by atoms with Crippen LogP contribution in [0, 0.1) is 6.92 Å². The molecule has 8 nitrogen and oxygen atoms in total. The predicted octanol–water partition coefficient (Wildman–Crippen LogP) is 3.74. The van der Waals surface area contributed by atoms with Gasteiger partial charge in [-0.15, -0.1) is 16.4 Å². The molecule has 0 saturated heterocycles. The molecule has 144 valence electrons. The summed E-state index contributed by atoms with van der Waals surface area (Å²) >= 11 is 3.04. The third-order valence-electron chi connectivity index (χ3n) is 4.42. The Morgan fingerprint density at radius 2 is 2.04 bits per heavy atom. The van der Waals surface area contributed by atoms with Gasteiger partial charge in [-0.3, -0.25) is 4.79 Å². The number of carbonyl (C=O) groups excluding carboxylic acids is 1. The average Bonchev–Trinajstić information content (AvgIpc) is 3.40. The smallest absolute Gasteiger partial charge is 0.265 e. The zero-order chi connectivity index (χ0) is 19.7. The molecule has 1 N–H and O–H groups in total. The molecule has 0 saturated carbocycles. The fraction of sp³-hybridized carbons (Fsp3) is 0.278. The van der Waals surface area contributed by atoms with Crippen molar-refractivity contribution in [3.8, 4) is 5.69 Å². The molecule has 4 aromatic rings. The van der Waals surface area contributed by atoms with Crippen molar-refractivity contribution in [1.29, 1.82) is 0 Å². The molecule has 0 aliphatic heterocycles. The number of rotatable bonds is 6. The van der Waals surface area contributed by atoms with Gasteiger partial charge in [0.15, 0.2) is 5.13 Å². The van der Waals surface area contributed by atoms with Gasteiger partial charge in [-0.1, -0.05) is 17.4 Å². The Labute approximate surface area is 169 Å². The Morgan fingerprint density at radius 1 is 1.21 bits per heavy atom. The molecular formula is C18H19N7OS2. The van der Waals surface area contributed by atoms with Crippen molar-refractivity contribution in [2.24, 2.45) is 0 Å². The van der Waals surface area contributed by atoms with E-state index in [9.17, 15) is 4.79 Å². The van der Waals surface area contributed by atoms with Crippen LogP contribution in [0.1, 0.15) is 29.1 Å². The number of nitrogens with one attached hydrogen (secondary N) is 1. The summed E-state index contributed by atoms with van der Waals surface area (Å²) < 4.78 is 2.59. The van der Waals surface area contributed by atoms with Crippen LogP contribution >= 0.6 is 22.7 Å². The van der Waals surface area contributed by atoms with Crippen LogP contribution in [0.4, 0.5) is 10.8 Å². The minimum atomic E-state index is -0.142. The number of aromatic nitrogens is 5. The van der Waals surface area contributed by atoms with Crippen molar-refractivity contribution in [2.45, 2.75) is 20.8 Å². The normalized spacial score (nSPS) is 11.1. The number of tetrazole rings is 1. The molecule has 1 aromatic carbocycles. The number of thiophene rings is 1. The highest BCUT2D eigenvalue weighted by molar-refractivity contribution is 7.29. The van der Waals surface area contributed by atoms with Crippen molar-refractivity contribution in [3.05, 3.63) is 41.0 Å². The lowest BCUT2D eigenvalue weighted by Crippen LogP contribution is -2.21. The molecule has 1 amide bonds. The summed E-state index contributed by atoms with van der Waals surface area (Å²) in [5, 5.41) is 15.2. The van der Waals surface area contributed by atoms with Gasteiger partial charge < -0.3 is 10.2 Å². The Balaban J connectivity index is 1.57. The fourth-order valence-corrected chi connectivity index (χ4v) is 5.05. The summed E-state index contributed by atoms with van der Waals surface area (Å²) in [5.74, 6) is -0.142. The fourth-order valence-electron chi connectivity index (χ4n) is 2.82. The molecule has 0 fully saturated rings. The molecule has 3 aromatic heterocycles. The maximum absolute atomic E-state index is 12.8. The Bertz CT molecular complexity index is 1080. The van der Waals surface area contributed by atoms with Crippen molar-refractivity contribution < 1.29 is 4.79 Å². The van der Waals surface area contributed by atoms with Crippen LogP contribution in [0.25, 0.3) is 15.2 Å². The summed E-state index contributed by atoms with van der Waals surface area (Å²) in [6.07, 6.45) is 1.52. The van der Waals surface area contributed by atoms with E-state index in [-0.39, 0.29) is 5.91 Å². The number of nitrogens with zero attached hydrogens (tertiary/aromatic N) is 6. The van der Waals surface area contributed by atoms with E-state index < -0.39 is 0 Å². The van der Waals surface area contributed by atoms with E-state index in [4.69, 9.17) is 0 Å². The maximum atomic E-state index is 12.8. The highest BCUT2D eigenvalue weighted by atomic mass is 32.1. The molecule has 0 bridgehead atoms. The number of carbonyl (C=O) groups is 1. The standard InChI is InChI=1S/C18H19N7OS2/c1-4-24(5-2)18-21-17-15(28-18)9-14(27-17)16(26)20-13-8-12(7-6-11(13)3)25-10-19-22-23-25/h6-10H,4-5H2,1-3H3,(H,20,26). The number of fused-ring (bicyclic) bond motifs is 1. The maximum Gasteiger partial charge on any atom is 0.265 e. The first-order valence-corrected chi connectivity index (χ1v) is 10.5. The predicted molar refractivity (Wildman–Crippen MR) is 113 cm³/mol. The summed E-state index contributed by atoms with van der Waals surface area (Å²) in [7, 11) is 0. The van der Waals surface area contributed by atoms with Crippen LogP contribution in [-0.4, -0.2) is 44.2 Å². The monoisotopic (exact) mass is 413 g/mol. The third kappa shape index (κ3) is 3.48. The van der Waals surface area contributed by atoms with Crippen LogP contribution in [-0.2, 0) is 0 Å². The second-order valence-electron chi connectivity index (χ2n) is 6.16.